The number of hydrogen-bond acceptors (Lipinski definition) is 4. The minimum atomic E-state index is -0.535. The summed E-state index contributed by atoms with van der Waals surface area (Å²) in [5.74, 6) is -0.991. The fourth-order valence-electron chi connectivity index (χ4n) is 3.30. The van der Waals surface area contributed by atoms with Crippen LogP contribution in [-0.4, -0.2) is 7.05 Å². The number of nitrogens with two attached hydrogens (primary N) is 4. The molecule has 0 heterocycles. The van der Waals surface area contributed by atoms with E-state index in [1.54, 1.807) is 6.07 Å². The minimum Gasteiger partial charge on any atom is -0.399 e. The zero-order valence-corrected chi connectivity index (χ0v) is 21.3. The molecule has 0 aliphatic carbocycles. The highest BCUT2D eigenvalue weighted by molar-refractivity contribution is 5.49. The third-order valence-corrected chi connectivity index (χ3v) is 5.06. The van der Waals surface area contributed by atoms with Crippen molar-refractivity contribution in [3.05, 3.63) is 94.0 Å². The molecule has 188 valence electrons. The standard InChI is InChI=1S/C17H19F2N.C8H12N2.C2H6.CH5N/c1-2-3-7-15-13(10-14(18)11-16(15)19)9-12-6-4-5-8-17(12)20;1-6-4-8(10)3-2-7(6)5-9;2*1-2/h4-6,8,10-11H,2-3,7,9,20H2,1H3;2-4H,5,9-10H2,1H3;1-2H3;2H2,1H3. The summed E-state index contributed by atoms with van der Waals surface area (Å²) in [5.41, 5.74) is 27.4. The van der Waals surface area contributed by atoms with E-state index in [0.717, 1.165) is 35.7 Å². The third kappa shape index (κ3) is 10.3. The fraction of sp³-hybridized carbons (Fsp3) is 0.357. The molecular weight excluding hydrogens is 430 g/mol. The van der Waals surface area contributed by atoms with Crippen LogP contribution in [0.1, 0.15) is 61.4 Å². The average molecular weight is 473 g/mol. The average Bonchev–Trinajstić information content (AvgIpc) is 2.83. The maximum Gasteiger partial charge on any atom is 0.129 e. The van der Waals surface area contributed by atoms with Crippen LogP contribution in [0.5, 0.6) is 0 Å². The minimum absolute atomic E-state index is 0.456. The number of halogens is 2. The van der Waals surface area contributed by atoms with Gasteiger partial charge in [-0.15, -0.1) is 0 Å². The molecule has 8 N–H and O–H groups in total. The Morgan fingerprint density at radius 3 is 2.03 bits per heavy atom. The molecule has 0 saturated carbocycles. The summed E-state index contributed by atoms with van der Waals surface area (Å²) in [6, 6.07) is 15.6. The molecule has 0 aliphatic rings. The van der Waals surface area contributed by atoms with Crippen molar-refractivity contribution in [3.63, 3.8) is 0 Å². The van der Waals surface area contributed by atoms with E-state index in [1.165, 1.54) is 18.7 Å². The Balaban J connectivity index is 0.000000653. The largest absolute Gasteiger partial charge is 0.399 e. The molecule has 0 unspecified atom stereocenters. The molecule has 6 heteroatoms. The monoisotopic (exact) mass is 472 g/mol. The van der Waals surface area contributed by atoms with Gasteiger partial charge in [-0.1, -0.05) is 51.5 Å². The molecule has 0 aliphatic heterocycles. The Hall–Kier alpha value is -2.96. The van der Waals surface area contributed by atoms with Gasteiger partial charge in [0.25, 0.3) is 0 Å². The lowest BCUT2D eigenvalue weighted by Gasteiger charge is -2.12. The Bertz CT molecular complexity index is 975. The summed E-state index contributed by atoms with van der Waals surface area (Å²) in [6.45, 7) is 8.65. The maximum absolute atomic E-state index is 14.0. The van der Waals surface area contributed by atoms with Crippen molar-refractivity contribution in [2.45, 2.75) is 59.9 Å². The first-order chi connectivity index (χ1) is 16.3. The van der Waals surface area contributed by atoms with Crippen LogP contribution in [0.3, 0.4) is 0 Å². The van der Waals surface area contributed by atoms with Gasteiger partial charge in [0.2, 0.25) is 0 Å². The van der Waals surface area contributed by atoms with E-state index < -0.39 is 11.6 Å². The van der Waals surface area contributed by atoms with Gasteiger partial charge in [-0.3, -0.25) is 0 Å². The third-order valence-electron chi connectivity index (χ3n) is 5.06. The van der Waals surface area contributed by atoms with Gasteiger partial charge in [-0.2, -0.15) is 0 Å². The fourth-order valence-corrected chi connectivity index (χ4v) is 3.30. The summed E-state index contributed by atoms with van der Waals surface area (Å²) in [7, 11) is 1.50. The van der Waals surface area contributed by atoms with Crippen molar-refractivity contribution >= 4 is 11.4 Å². The molecule has 34 heavy (non-hydrogen) atoms. The van der Waals surface area contributed by atoms with Gasteiger partial charge in [0.1, 0.15) is 11.6 Å². The number of aryl methyl sites for hydroxylation is 1. The van der Waals surface area contributed by atoms with Crippen LogP contribution in [0.4, 0.5) is 20.2 Å². The molecule has 0 saturated heterocycles. The molecule has 0 radical (unpaired) electrons. The summed E-state index contributed by atoms with van der Waals surface area (Å²) < 4.78 is 27.4. The predicted molar refractivity (Wildman–Crippen MR) is 144 cm³/mol. The summed E-state index contributed by atoms with van der Waals surface area (Å²) in [6.07, 6.45) is 2.95. The second kappa shape index (κ2) is 17.5. The van der Waals surface area contributed by atoms with Crippen molar-refractivity contribution < 1.29 is 8.78 Å². The molecule has 3 aromatic rings. The molecule has 3 aromatic carbocycles. The highest BCUT2D eigenvalue weighted by Gasteiger charge is 2.12. The maximum atomic E-state index is 14.0. The quantitative estimate of drug-likeness (QED) is 0.325. The van der Waals surface area contributed by atoms with Crippen molar-refractivity contribution in [2.24, 2.45) is 11.5 Å². The molecule has 4 nitrogen and oxygen atoms in total. The molecule has 0 amide bonds. The number of para-hydroxylation sites is 1. The number of anilines is 2. The first-order valence-electron chi connectivity index (χ1n) is 11.8. The van der Waals surface area contributed by atoms with Crippen LogP contribution in [0.15, 0.2) is 54.6 Å². The van der Waals surface area contributed by atoms with Crippen LogP contribution in [0.25, 0.3) is 0 Å². The van der Waals surface area contributed by atoms with Crippen LogP contribution >= 0.6 is 0 Å². The number of unbranched alkanes of at least 4 members (excludes halogenated alkanes) is 1. The predicted octanol–water partition coefficient (Wildman–Crippen LogP) is 6.12. The van der Waals surface area contributed by atoms with E-state index in [-0.39, 0.29) is 0 Å². The zero-order chi connectivity index (χ0) is 26.1. The van der Waals surface area contributed by atoms with Gasteiger partial charge in [0, 0.05) is 24.0 Å². The van der Waals surface area contributed by atoms with Crippen LogP contribution < -0.4 is 22.9 Å². The molecule has 0 fully saturated rings. The highest BCUT2D eigenvalue weighted by Crippen LogP contribution is 2.23. The molecular formula is C28H42F2N4. The second-order valence-corrected chi connectivity index (χ2v) is 7.39. The van der Waals surface area contributed by atoms with Crippen molar-refractivity contribution in [1.29, 1.82) is 0 Å². The van der Waals surface area contributed by atoms with Crippen LogP contribution in [0, 0.1) is 18.6 Å². The van der Waals surface area contributed by atoms with E-state index in [1.807, 2.05) is 57.2 Å². The van der Waals surface area contributed by atoms with Gasteiger partial charge >= 0.3 is 0 Å². The molecule has 3 rings (SSSR count). The first kappa shape index (κ1) is 31.0. The van der Waals surface area contributed by atoms with E-state index in [0.29, 0.717) is 36.2 Å². The molecule has 0 aromatic heterocycles. The Kier molecular flexibility index (Phi) is 16.0. The highest BCUT2D eigenvalue weighted by atomic mass is 19.1. The van der Waals surface area contributed by atoms with Crippen LogP contribution in [-0.2, 0) is 19.4 Å². The summed E-state index contributed by atoms with van der Waals surface area (Å²) in [4.78, 5) is 0. The lowest BCUT2D eigenvalue weighted by molar-refractivity contribution is 0.564. The molecule has 0 atom stereocenters. The van der Waals surface area contributed by atoms with Gasteiger partial charge in [0.15, 0.2) is 0 Å². The topological polar surface area (TPSA) is 104 Å². The number of hydrogen-bond donors (Lipinski definition) is 4. The summed E-state index contributed by atoms with van der Waals surface area (Å²) in [5, 5.41) is 0. The number of benzene rings is 3. The van der Waals surface area contributed by atoms with E-state index in [9.17, 15) is 8.78 Å². The van der Waals surface area contributed by atoms with Crippen LogP contribution in [0.2, 0.25) is 0 Å². The van der Waals surface area contributed by atoms with Gasteiger partial charge in [-0.25, -0.2) is 8.78 Å². The van der Waals surface area contributed by atoms with Crippen molar-refractivity contribution in [1.82, 2.24) is 0 Å². The normalized spacial score (nSPS) is 9.56. The second-order valence-electron chi connectivity index (χ2n) is 7.39. The van der Waals surface area contributed by atoms with E-state index in [2.05, 4.69) is 12.7 Å². The first-order valence-corrected chi connectivity index (χ1v) is 11.8. The molecule has 0 bridgehead atoms. The van der Waals surface area contributed by atoms with Gasteiger partial charge in [-0.05, 0) is 85.3 Å². The number of rotatable bonds is 6. The van der Waals surface area contributed by atoms with Crippen molar-refractivity contribution in [3.8, 4) is 0 Å². The van der Waals surface area contributed by atoms with Crippen molar-refractivity contribution in [2.75, 3.05) is 18.5 Å². The number of nitrogen functional groups attached to an aromatic ring is 2. The van der Waals surface area contributed by atoms with Gasteiger partial charge < -0.3 is 22.9 Å². The van der Waals surface area contributed by atoms with Gasteiger partial charge in [0.05, 0.1) is 0 Å². The summed E-state index contributed by atoms with van der Waals surface area (Å²) >= 11 is 0. The lowest BCUT2D eigenvalue weighted by Crippen LogP contribution is -2.03. The Labute approximate surface area is 204 Å². The lowest BCUT2D eigenvalue weighted by atomic mass is 9.95. The van der Waals surface area contributed by atoms with E-state index >= 15 is 0 Å². The zero-order valence-electron chi connectivity index (χ0n) is 21.3. The Morgan fingerprint density at radius 2 is 1.47 bits per heavy atom. The molecule has 0 spiro atoms. The SMILES string of the molecule is CC.CCCCc1c(F)cc(F)cc1Cc1ccccc1N.CN.Cc1cc(N)ccc1CN. The smallest absolute Gasteiger partial charge is 0.129 e. The Morgan fingerprint density at radius 1 is 0.824 bits per heavy atom. The van der Waals surface area contributed by atoms with E-state index in [4.69, 9.17) is 17.2 Å².